The summed E-state index contributed by atoms with van der Waals surface area (Å²) < 4.78 is 1.68. The molecule has 140 valence electrons. The molecule has 1 saturated heterocycles. The predicted molar refractivity (Wildman–Crippen MR) is 104 cm³/mol. The highest BCUT2D eigenvalue weighted by Crippen LogP contribution is 2.13. The number of benzene rings is 1. The van der Waals surface area contributed by atoms with E-state index >= 15 is 0 Å². The second-order valence-corrected chi connectivity index (χ2v) is 6.97. The average Bonchev–Trinajstić information content (AvgIpc) is 3.16. The highest BCUT2D eigenvalue weighted by molar-refractivity contribution is 6.30. The molecule has 0 spiro atoms. The lowest BCUT2D eigenvalue weighted by atomic mass is 10.2. The third-order valence-electron chi connectivity index (χ3n) is 4.78. The highest BCUT2D eigenvalue weighted by Gasteiger charge is 2.15. The van der Waals surface area contributed by atoms with Crippen LogP contribution in [0.3, 0.4) is 0 Å². The number of likely N-dealkylation sites (N-methyl/N-ethyl adjacent to an activating group) is 1. The van der Waals surface area contributed by atoms with E-state index in [1.54, 1.807) is 29.2 Å². The molecule has 2 heterocycles. The molecule has 0 radical (unpaired) electrons. The third kappa shape index (κ3) is 5.06. The van der Waals surface area contributed by atoms with E-state index in [0.717, 1.165) is 51.4 Å². The van der Waals surface area contributed by atoms with E-state index in [2.05, 4.69) is 27.1 Å². The van der Waals surface area contributed by atoms with Gasteiger partial charge in [0.15, 0.2) is 0 Å². The number of hydrogen-bond donors (Lipinski definition) is 1. The summed E-state index contributed by atoms with van der Waals surface area (Å²) in [4.78, 5) is 17.2. The summed E-state index contributed by atoms with van der Waals surface area (Å²) in [6.07, 6.45) is 4.29. The fourth-order valence-corrected chi connectivity index (χ4v) is 3.24. The fourth-order valence-electron chi connectivity index (χ4n) is 3.11. The molecule has 0 unspecified atom stereocenters. The van der Waals surface area contributed by atoms with Gasteiger partial charge in [-0.05, 0) is 43.8 Å². The van der Waals surface area contributed by atoms with Gasteiger partial charge >= 0.3 is 0 Å². The van der Waals surface area contributed by atoms with Gasteiger partial charge in [0, 0.05) is 43.9 Å². The Morgan fingerprint density at radius 3 is 2.54 bits per heavy atom. The summed E-state index contributed by atoms with van der Waals surface area (Å²) in [7, 11) is 0. The SMILES string of the molecule is CCN1CCN(CCCNC(=O)c2cnn(-c3ccc(Cl)cc3)c2)CC1. The van der Waals surface area contributed by atoms with Gasteiger partial charge in [-0.25, -0.2) is 4.68 Å². The molecule has 0 aliphatic carbocycles. The summed E-state index contributed by atoms with van der Waals surface area (Å²) in [5, 5.41) is 7.91. The molecule has 1 aliphatic rings. The van der Waals surface area contributed by atoms with E-state index in [9.17, 15) is 4.79 Å². The minimum absolute atomic E-state index is 0.0824. The lowest BCUT2D eigenvalue weighted by Gasteiger charge is -2.33. The van der Waals surface area contributed by atoms with Gasteiger partial charge in [-0.15, -0.1) is 0 Å². The molecule has 0 bridgehead atoms. The molecular weight excluding hydrogens is 350 g/mol. The smallest absolute Gasteiger partial charge is 0.254 e. The molecule has 3 rings (SSSR count). The average molecular weight is 376 g/mol. The van der Waals surface area contributed by atoms with E-state index in [1.807, 2.05) is 12.1 Å². The zero-order chi connectivity index (χ0) is 18.4. The second-order valence-electron chi connectivity index (χ2n) is 6.54. The Hall–Kier alpha value is -1.89. The number of nitrogens with zero attached hydrogens (tertiary/aromatic N) is 4. The predicted octanol–water partition coefficient (Wildman–Crippen LogP) is 2.28. The van der Waals surface area contributed by atoms with E-state index in [-0.39, 0.29) is 5.91 Å². The number of amides is 1. The number of carbonyl (C=O) groups is 1. The monoisotopic (exact) mass is 375 g/mol. The quantitative estimate of drug-likeness (QED) is 0.754. The van der Waals surface area contributed by atoms with Crippen LogP contribution >= 0.6 is 11.6 Å². The molecule has 0 atom stereocenters. The van der Waals surface area contributed by atoms with Crippen molar-refractivity contribution >= 4 is 17.5 Å². The molecule has 1 N–H and O–H groups in total. The van der Waals surface area contributed by atoms with Crippen LogP contribution in [-0.2, 0) is 0 Å². The first-order valence-electron chi connectivity index (χ1n) is 9.19. The summed E-state index contributed by atoms with van der Waals surface area (Å²) >= 11 is 5.90. The summed E-state index contributed by atoms with van der Waals surface area (Å²) in [6, 6.07) is 7.35. The van der Waals surface area contributed by atoms with Gasteiger partial charge in [-0.2, -0.15) is 5.10 Å². The van der Waals surface area contributed by atoms with Crippen LogP contribution in [0, 0.1) is 0 Å². The van der Waals surface area contributed by atoms with Crippen LogP contribution in [0.15, 0.2) is 36.7 Å². The maximum absolute atomic E-state index is 12.3. The van der Waals surface area contributed by atoms with Crippen molar-refractivity contribution in [1.82, 2.24) is 24.9 Å². The lowest BCUT2D eigenvalue weighted by Crippen LogP contribution is -2.46. The normalized spacial score (nSPS) is 15.9. The van der Waals surface area contributed by atoms with Crippen LogP contribution in [-0.4, -0.2) is 71.3 Å². The summed E-state index contributed by atoms with van der Waals surface area (Å²) in [5.41, 5.74) is 1.44. The summed E-state index contributed by atoms with van der Waals surface area (Å²) in [6.45, 7) is 9.58. The lowest BCUT2D eigenvalue weighted by molar-refractivity contribution is 0.0948. The van der Waals surface area contributed by atoms with Gasteiger partial charge in [0.2, 0.25) is 0 Å². The van der Waals surface area contributed by atoms with Gasteiger partial charge < -0.3 is 15.1 Å². The van der Waals surface area contributed by atoms with Gasteiger partial charge in [-0.3, -0.25) is 4.79 Å². The van der Waals surface area contributed by atoms with E-state index in [1.165, 1.54) is 0 Å². The highest BCUT2D eigenvalue weighted by atomic mass is 35.5. The Labute approximate surface area is 159 Å². The van der Waals surface area contributed by atoms with Crippen molar-refractivity contribution in [3.63, 3.8) is 0 Å². The van der Waals surface area contributed by atoms with Crippen LogP contribution in [0.4, 0.5) is 0 Å². The van der Waals surface area contributed by atoms with Crippen LogP contribution in [0.5, 0.6) is 0 Å². The van der Waals surface area contributed by atoms with Crippen molar-refractivity contribution in [2.24, 2.45) is 0 Å². The zero-order valence-electron chi connectivity index (χ0n) is 15.2. The van der Waals surface area contributed by atoms with Gasteiger partial charge in [0.25, 0.3) is 5.91 Å². The topological polar surface area (TPSA) is 53.4 Å². The van der Waals surface area contributed by atoms with Crippen LogP contribution in [0.25, 0.3) is 5.69 Å². The first-order valence-corrected chi connectivity index (χ1v) is 9.57. The van der Waals surface area contributed by atoms with Crippen LogP contribution < -0.4 is 5.32 Å². The molecule has 1 amide bonds. The first kappa shape index (κ1) is 18.9. The van der Waals surface area contributed by atoms with Gasteiger partial charge in [-0.1, -0.05) is 18.5 Å². The molecular formula is C19H26ClN5O. The molecule has 1 aliphatic heterocycles. The number of nitrogens with one attached hydrogen (secondary N) is 1. The van der Waals surface area contributed by atoms with E-state index in [0.29, 0.717) is 17.1 Å². The Kier molecular flexibility index (Phi) is 6.66. The number of hydrogen-bond acceptors (Lipinski definition) is 4. The first-order chi connectivity index (χ1) is 12.7. The minimum atomic E-state index is -0.0824. The second kappa shape index (κ2) is 9.16. The molecule has 7 heteroatoms. The molecule has 1 aromatic heterocycles. The Morgan fingerprint density at radius 2 is 1.85 bits per heavy atom. The molecule has 1 aromatic carbocycles. The van der Waals surface area contributed by atoms with E-state index in [4.69, 9.17) is 11.6 Å². The standard InChI is InChI=1S/C19H26ClN5O/c1-2-23-10-12-24(13-11-23)9-3-8-21-19(26)16-14-22-25(15-16)18-6-4-17(20)5-7-18/h4-7,14-15H,2-3,8-13H2,1H3,(H,21,26). The summed E-state index contributed by atoms with van der Waals surface area (Å²) in [5.74, 6) is -0.0824. The Morgan fingerprint density at radius 1 is 1.15 bits per heavy atom. The van der Waals surface area contributed by atoms with Gasteiger partial charge in [0.05, 0.1) is 17.4 Å². The molecule has 26 heavy (non-hydrogen) atoms. The van der Waals surface area contributed by atoms with Crippen molar-refractivity contribution in [2.75, 3.05) is 45.8 Å². The fraction of sp³-hybridized carbons (Fsp3) is 0.474. The van der Waals surface area contributed by atoms with Crippen molar-refractivity contribution < 1.29 is 4.79 Å². The number of halogens is 1. The van der Waals surface area contributed by atoms with Crippen molar-refractivity contribution in [3.8, 4) is 5.69 Å². The maximum Gasteiger partial charge on any atom is 0.254 e. The largest absolute Gasteiger partial charge is 0.352 e. The minimum Gasteiger partial charge on any atom is -0.352 e. The number of aromatic nitrogens is 2. The number of rotatable bonds is 7. The number of piperazine rings is 1. The van der Waals surface area contributed by atoms with Crippen molar-refractivity contribution in [2.45, 2.75) is 13.3 Å². The van der Waals surface area contributed by atoms with Crippen molar-refractivity contribution in [1.29, 1.82) is 0 Å². The zero-order valence-corrected chi connectivity index (χ0v) is 16.0. The molecule has 1 fully saturated rings. The van der Waals surface area contributed by atoms with Gasteiger partial charge in [0.1, 0.15) is 0 Å². The third-order valence-corrected chi connectivity index (χ3v) is 5.04. The number of carbonyl (C=O) groups excluding carboxylic acids is 1. The molecule has 2 aromatic rings. The Bertz CT molecular complexity index is 707. The van der Waals surface area contributed by atoms with E-state index < -0.39 is 0 Å². The Balaban J connectivity index is 1.41. The van der Waals surface area contributed by atoms with Crippen LogP contribution in [0.1, 0.15) is 23.7 Å². The van der Waals surface area contributed by atoms with Crippen molar-refractivity contribution in [3.05, 3.63) is 47.2 Å². The molecule has 0 saturated carbocycles. The molecule has 6 nitrogen and oxygen atoms in total. The van der Waals surface area contributed by atoms with Crippen LogP contribution in [0.2, 0.25) is 5.02 Å². The maximum atomic E-state index is 12.3.